The number of aromatic nitrogens is 3. The van der Waals surface area contributed by atoms with Crippen LogP contribution in [0.3, 0.4) is 0 Å². The minimum Gasteiger partial charge on any atom is -0.383 e. The SMILES string of the molecule is COCCNC(=O)Nc1ccc2[nH]c3nc4ccccc4nc3c2c1. The van der Waals surface area contributed by atoms with Crippen molar-refractivity contribution >= 4 is 44.8 Å². The fourth-order valence-corrected chi connectivity index (χ4v) is 2.77. The number of fused-ring (bicyclic) bond motifs is 4. The lowest BCUT2D eigenvalue weighted by Crippen LogP contribution is -2.31. The van der Waals surface area contributed by atoms with Crippen molar-refractivity contribution in [2.24, 2.45) is 0 Å². The molecule has 4 rings (SSSR count). The molecule has 2 aromatic carbocycles. The van der Waals surface area contributed by atoms with Crippen molar-refractivity contribution in [3.63, 3.8) is 0 Å². The molecule has 0 radical (unpaired) electrons. The summed E-state index contributed by atoms with van der Waals surface area (Å²) in [6, 6.07) is 13.1. The Labute approximate surface area is 143 Å². The lowest BCUT2D eigenvalue weighted by Gasteiger charge is -2.07. The van der Waals surface area contributed by atoms with Crippen LogP contribution < -0.4 is 10.6 Å². The second-order valence-corrected chi connectivity index (χ2v) is 5.67. The number of nitrogens with one attached hydrogen (secondary N) is 3. The highest BCUT2D eigenvalue weighted by atomic mass is 16.5. The van der Waals surface area contributed by atoms with E-state index >= 15 is 0 Å². The molecule has 7 heteroatoms. The molecule has 2 aromatic heterocycles. The Morgan fingerprint density at radius 1 is 1.16 bits per heavy atom. The maximum atomic E-state index is 11.9. The van der Waals surface area contributed by atoms with E-state index in [0.29, 0.717) is 18.8 Å². The van der Waals surface area contributed by atoms with Crippen LogP contribution in [0.1, 0.15) is 0 Å². The molecule has 2 heterocycles. The summed E-state index contributed by atoms with van der Waals surface area (Å²) in [7, 11) is 1.59. The van der Waals surface area contributed by atoms with E-state index in [4.69, 9.17) is 9.72 Å². The van der Waals surface area contributed by atoms with Gasteiger partial charge in [0, 0.05) is 30.2 Å². The fraction of sp³-hybridized carbons (Fsp3) is 0.167. The van der Waals surface area contributed by atoms with Gasteiger partial charge < -0.3 is 20.4 Å². The summed E-state index contributed by atoms with van der Waals surface area (Å²) < 4.78 is 4.91. The first-order valence-electron chi connectivity index (χ1n) is 7.96. The maximum Gasteiger partial charge on any atom is 0.319 e. The molecule has 0 fully saturated rings. The average molecular weight is 335 g/mol. The number of carbonyl (C=O) groups is 1. The molecule has 0 aliphatic heterocycles. The van der Waals surface area contributed by atoms with Crippen LogP contribution in [-0.2, 0) is 4.74 Å². The molecule has 0 atom stereocenters. The number of H-pyrrole nitrogens is 1. The molecule has 0 saturated heterocycles. The van der Waals surface area contributed by atoms with Crippen molar-refractivity contribution in [1.29, 1.82) is 0 Å². The second kappa shape index (κ2) is 6.37. The van der Waals surface area contributed by atoms with Crippen LogP contribution in [0.2, 0.25) is 0 Å². The van der Waals surface area contributed by atoms with E-state index in [0.717, 1.165) is 33.1 Å². The van der Waals surface area contributed by atoms with Gasteiger partial charge in [-0.2, -0.15) is 0 Å². The Morgan fingerprint density at radius 3 is 2.76 bits per heavy atom. The van der Waals surface area contributed by atoms with Crippen LogP contribution in [0, 0.1) is 0 Å². The van der Waals surface area contributed by atoms with Crippen LogP contribution in [-0.4, -0.2) is 41.2 Å². The van der Waals surface area contributed by atoms with Crippen LogP contribution in [0.25, 0.3) is 33.1 Å². The van der Waals surface area contributed by atoms with Crippen LogP contribution >= 0.6 is 0 Å². The molecule has 0 bridgehead atoms. The zero-order valence-corrected chi connectivity index (χ0v) is 13.7. The van der Waals surface area contributed by atoms with E-state index in [-0.39, 0.29) is 6.03 Å². The summed E-state index contributed by atoms with van der Waals surface area (Å²) in [6.45, 7) is 0.923. The molecule has 0 unspecified atom stereocenters. The van der Waals surface area contributed by atoms with Crippen molar-refractivity contribution in [1.82, 2.24) is 20.3 Å². The van der Waals surface area contributed by atoms with Crippen LogP contribution in [0.4, 0.5) is 10.5 Å². The lowest BCUT2D eigenvalue weighted by atomic mass is 10.2. The number of rotatable bonds is 4. The molecule has 25 heavy (non-hydrogen) atoms. The van der Waals surface area contributed by atoms with Crippen LogP contribution in [0.5, 0.6) is 0 Å². The van der Waals surface area contributed by atoms with Crippen molar-refractivity contribution in [3.05, 3.63) is 42.5 Å². The van der Waals surface area contributed by atoms with E-state index in [1.165, 1.54) is 0 Å². The van der Waals surface area contributed by atoms with Crippen molar-refractivity contribution in [2.75, 3.05) is 25.6 Å². The Bertz CT molecular complexity index is 1070. The van der Waals surface area contributed by atoms with E-state index in [9.17, 15) is 4.79 Å². The van der Waals surface area contributed by atoms with Gasteiger partial charge in [0.1, 0.15) is 5.52 Å². The molecule has 0 aliphatic carbocycles. The van der Waals surface area contributed by atoms with Gasteiger partial charge in [0.2, 0.25) is 0 Å². The first-order valence-corrected chi connectivity index (χ1v) is 7.96. The largest absolute Gasteiger partial charge is 0.383 e. The van der Waals surface area contributed by atoms with Gasteiger partial charge >= 0.3 is 6.03 Å². The number of anilines is 1. The maximum absolute atomic E-state index is 11.9. The van der Waals surface area contributed by atoms with Crippen LogP contribution in [0.15, 0.2) is 42.5 Å². The second-order valence-electron chi connectivity index (χ2n) is 5.67. The third-order valence-electron chi connectivity index (χ3n) is 3.95. The monoisotopic (exact) mass is 335 g/mol. The van der Waals surface area contributed by atoms with Crippen molar-refractivity contribution in [3.8, 4) is 0 Å². The molecule has 7 nitrogen and oxygen atoms in total. The number of methoxy groups -OCH3 is 1. The van der Waals surface area contributed by atoms with Gasteiger partial charge in [0.05, 0.1) is 17.6 Å². The third-order valence-corrected chi connectivity index (χ3v) is 3.95. The predicted molar refractivity (Wildman–Crippen MR) is 97.8 cm³/mol. The number of nitrogens with zero attached hydrogens (tertiary/aromatic N) is 2. The molecule has 4 aromatic rings. The smallest absolute Gasteiger partial charge is 0.319 e. The summed E-state index contributed by atoms with van der Waals surface area (Å²) >= 11 is 0. The minimum absolute atomic E-state index is 0.271. The summed E-state index contributed by atoms with van der Waals surface area (Å²) in [5.41, 5.74) is 4.82. The number of aromatic amines is 1. The number of para-hydroxylation sites is 2. The predicted octanol–water partition coefficient (Wildman–Crippen LogP) is 3.03. The summed E-state index contributed by atoms with van der Waals surface area (Å²) in [5, 5.41) is 6.46. The van der Waals surface area contributed by atoms with Crippen molar-refractivity contribution in [2.45, 2.75) is 0 Å². The number of hydrogen-bond acceptors (Lipinski definition) is 4. The molecule has 2 amide bonds. The fourth-order valence-electron chi connectivity index (χ4n) is 2.77. The zero-order valence-electron chi connectivity index (χ0n) is 13.7. The zero-order chi connectivity index (χ0) is 17.2. The van der Waals surface area contributed by atoms with Gasteiger partial charge in [-0.1, -0.05) is 12.1 Å². The van der Waals surface area contributed by atoms with Gasteiger partial charge in [-0.25, -0.2) is 14.8 Å². The van der Waals surface area contributed by atoms with Crippen molar-refractivity contribution < 1.29 is 9.53 Å². The molecule has 3 N–H and O–H groups in total. The molecular formula is C18H17N5O2. The molecule has 126 valence electrons. The standard InChI is InChI=1S/C18H17N5O2/c1-25-9-8-19-18(24)20-11-6-7-13-12(10-11)16-17(22-13)23-15-5-3-2-4-14(15)21-16/h2-7,10H,8-9H2,1H3,(H,22,23)(H2,19,20,24). The summed E-state index contributed by atoms with van der Waals surface area (Å²) in [4.78, 5) is 24.5. The summed E-state index contributed by atoms with van der Waals surface area (Å²) in [6.07, 6.45) is 0. The van der Waals surface area contributed by atoms with E-state index in [1.807, 2.05) is 42.5 Å². The highest BCUT2D eigenvalue weighted by Gasteiger charge is 2.10. The summed E-state index contributed by atoms with van der Waals surface area (Å²) in [5.74, 6) is 0. The third kappa shape index (κ3) is 2.97. The Kier molecular flexibility index (Phi) is 3.91. The highest BCUT2D eigenvalue weighted by molar-refractivity contribution is 6.07. The molecular weight excluding hydrogens is 318 g/mol. The Balaban J connectivity index is 1.70. The first-order chi connectivity index (χ1) is 12.2. The topological polar surface area (TPSA) is 91.9 Å². The number of benzene rings is 2. The normalized spacial score (nSPS) is 11.2. The highest BCUT2D eigenvalue weighted by Crippen LogP contribution is 2.27. The van der Waals surface area contributed by atoms with E-state index in [1.54, 1.807) is 7.11 Å². The number of carbonyl (C=O) groups excluding carboxylic acids is 1. The van der Waals surface area contributed by atoms with E-state index < -0.39 is 0 Å². The molecule has 0 aliphatic rings. The Morgan fingerprint density at radius 2 is 1.96 bits per heavy atom. The quantitative estimate of drug-likeness (QED) is 0.500. The van der Waals surface area contributed by atoms with Gasteiger partial charge in [0.25, 0.3) is 0 Å². The molecule has 0 saturated carbocycles. The van der Waals surface area contributed by atoms with Gasteiger partial charge in [-0.05, 0) is 30.3 Å². The number of urea groups is 1. The van der Waals surface area contributed by atoms with Gasteiger partial charge in [-0.15, -0.1) is 0 Å². The average Bonchev–Trinajstić information content (AvgIpc) is 2.97. The number of hydrogen-bond donors (Lipinski definition) is 3. The minimum atomic E-state index is -0.271. The number of amides is 2. The Hall–Kier alpha value is -3.19. The van der Waals surface area contributed by atoms with Gasteiger partial charge in [0.15, 0.2) is 5.65 Å². The lowest BCUT2D eigenvalue weighted by molar-refractivity contribution is 0.198. The number of ether oxygens (including phenoxy) is 1. The molecule has 0 spiro atoms. The van der Waals surface area contributed by atoms with Gasteiger partial charge in [-0.3, -0.25) is 0 Å². The first kappa shape index (κ1) is 15.3. The van der Waals surface area contributed by atoms with E-state index in [2.05, 4.69) is 20.6 Å².